The Labute approximate surface area is 148 Å². The van der Waals surface area contributed by atoms with Crippen molar-refractivity contribution >= 4 is 23.4 Å². The zero-order chi connectivity index (χ0) is 17.5. The molecule has 0 radical (unpaired) electrons. The van der Waals surface area contributed by atoms with Crippen molar-refractivity contribution in [2.45, 2.75) is 38.6 Å². The third-order valence-corrected chi connectivity index (χ3v) is 4.60. The van der Waals surface area contributed by atoms with Crippen molar-refractivity contribution in [2.24, 2.45) is 5.92 Å². The van der Waals surface area contributed by atoms with Gasteiger partial charge < -0.3 is 15.0 Å². The van der Waals surface area contributed by atoms with Gasteiger partial charge in [0, 0.05) is 19.0 Å². The predicted molar refractivity (Wildman–Crippen MR) is 94.1 cm³/mol. The zero-order valence-corrected chi connectivity index (χ0v) is 15.0. The fraction of sp³-hybridized carbons (Fsp3) is 0.556. The molecule has 1 aromatic carbocycles. The standard InChI is InChI=1S/C18H25ClN2O3/c1-13(22)20-17(14-6-3-4-7-14)18(23)21(2)10-11-24-16-9-5-8-15(19)12-16/h5,8-9,12,14,17H,3-4,6-7,10-11H2,1-2H3,(H,20,22). The fourth-order valence-corrected chi connectivity index (χ4v) is 3.28. The minimum absolute atomic E-state index is 0.0493. The second-order valence-electron chi connectivity index (χ2n) is 6.29. The number of halogens is 1. The highest BCUT2D eigenvalue weighted by Crippen LogP contribution is 2.28. The number of nitrogens with one attached hydrogen (secondary N) is 1. The summed E-state index contributed by atoms with van der Waals surface area (Å²) in [7, 11) is 1.74. The van der Waals surface area contributed by atoms with Gasteiger partial charge in [-0.15, -0.1) is 0 Å². The fourth-order valence-electron chi connectivity index (χ4n) is 3.10. The first-order valence-electron chi connectivity index (χ1n) is 8.38. The minimum atomic E-state index is -0.429. The van der Waals surface area contributed by atoms with Crippen LogP contribution in [0.3, 0.4) is 0 Å². The van der Waals surface area contributed by atoms with E-state index in [0.29, 0.717) is 23.9 Å². The van der Waals surface area contributed by atoms with Crippen LogP contribution in [0.2, 0.25) is 5.02 Å². The van der Waals surface area contributed by atoms with Gasteiger partial charge in [0.15, 0.2) is 0 Å². The number of carbonyl (C=O) groups excluding carboxylic acids is 2. The molecule has 5 nitrogen and oxygen atoms in total. The number of rotatable bonds is 7. The molecule has 1 aliphatic rings. The van der Waals surface area contributed by atoms with Gasteiger partial charge in [0.05, 0.1) is 6.54 Å². The summed E-state index contributed by atoms with van der Waals surface area (Å²) >= 11 is 5.91. The normalized spacial score (nSPS) is 15.8. The number of likely N-dealkylation sites (N-methyl/N-ethyl adjacent to an activating group) is 1. The summed E-state index contributed by atoms with van der Waals surface area (Å²) in [6.07, 6.45) is 4.22. The van der Waals surface area contributed by atoms with Crippen molar-refractivity contribution in [1.29, 1.82) is 0 Å². The topological polar surface area (TPSA) is 58.6 Å². The minimum Gasteiger partial charge on any atom is -0.492 e. The van der Waals surface area contributed by atoms with Crippen molar-refractivity contribution in [3.05, 3.63) is 29.3 Å². The van der Waals surface area contributed by atoms with E-state index in [9.17, 15) is 9.59 Å². The van der Waals surface area contributed by atoms with Gasteiger partial charge in [0.1, 0.15) is 18.4 Å². The Morgan fingerprint density at radius 3 is 2.71 bits per heavy atom. The van der Waals surface area contributed by atoms with E-state index < -0.39 is 6.04 Å². The van der Waals surface area contributed by atoms with E-state index in [1.54, 1.807) is 24.1 Å². The molecule has 2 rings (SSSR count). The molecular weight excluding hydrogens is 328 g/mol. The van der Waals surface area contributed by atoms with Crippen LogP contribution in [0.1, 0.15) is 32.6 Å². The molecule has 0 bridgehead atoms. The number of benzene rings is 1. The molecule has 2 amide bonds. The lowest BCUT2D eigenvalue weighted by Gasteiger charge is -2.28. The lowest BCUT2D eigenvalue weighted by molar-refractivity contribution is -0.136. The number of hydrogen-bond donors (Lipinski definition) is 1. The van der Waals surface area contributed by atoms with E-state index in [4.69, 9.17) is 16.3 Å². The molecule has 1 N–H and O–H groups in total. The van der Waals surface area contributed by atoms with E-state index in [2.05, 4.69) is 5.32 Å². The highest BCUT2D eigenvalue weighted by atomic mass is 35.5. The lowest BCUT2D eigenvalue weighted by Crippen LogP contribution is -2.51. The van der Waals surface area contributed by atoms with E-state index >= 15 is 0 Å². The van der Waals surface area contributed by atoms with Gasteiger partial charge in [-0.05, 0) is 37.0 Å². The van der Waals surface area contributed by atoms with Crippen LogP contribution in [-0.4, -0.2) is 43.0 Å². The summed E-state index contributed by atoms with van der Waals surface area (Å²) in [6.45, 7) is 2.28. The quantitative estimate of drug-likeness (QED) is 0.820. The van der Waals surface area contributed by atoms with Gasteiger partial charge in [-0.25, -0.2) is 0 Å². The Balaban J connectivity index is 1.87. The van der Waals surface area contributed by atoms with E-state index in [-0.39, 0.29) is 17.7 Å². The molecule has 0 heterocycles. The van der Waals surface area contributed by atoms with Crippen LogP contribution in [0.25, 0.3) is 0 Å². The second-order valence-corrected chi connectivity index (χ2v) is 6.72. The van der Waals surface area contributed by atoms with Crippen molar-refractivity contribution in [3.8, 4) is 5.75 Å². The van der Waals surface area contributed by atoms with Crippen LogP contribution in [0, 0.1) is 5.92 Å². The summed E-state index contributed by atoms with van der Waals surface area (Å²) in [5.41, 5.74) is 0. The van der Waals surface area contributed by atoms with Gasteiger partial charge >= 0.3 is 0 Å². The molecular formula is C18H25ClN2O3. The number of hydrogen-bond acceptors (Lipinski definition) is 3. The van der Waals surface area contributed by atoms with Crippen molar-refractivity contribution in [3.63, 3.8) is 0 Å². The lowest BCUT2D eigenvalue weighted by atomic mass is 9.97. The second kappa shape index (κ2) is 8.92. The average molecular weight is 353 g/mol. The van der Waals surface area contributed by atoms with E-state index in [1.807, 2.05) is 12.1 Å². The van der Waals surface area contributed by atoms with Gasteiger partial charge in [-0.3, -0.25) is 9.59 Å². The Kier molecular flexibility index (Phi) is 6.91. The highest BCUT2D eigenvalue weighted by Gasteiger charge is 2.32. The molecule has 24 heavy (non-hydrogen) atoms. The summed E-state index contributed by atoms with van der Waals surface area (Å²) in [5.74, 6) is 0.700. The third kappa shape index (κ3) is 5.41. The number of ether oxygens (including phenoxy) is 1. The number of carbonyl (C=O) groups is 2. The highest BCUT2D eigenvalue weighted by molar-refractivity contribution is 6.30. The molecule has 1 aliphatic carbocycles. The van der Waals surface area contributed by atoms with Crippen LogP contribution in [0.4, 0.5) is 0 Å². The van der Waals surface area contributed by atoms with Crippen molar-refractivity contribution in [2.75, 3.05) is 20.2 Å². The van der Waals surface area contributed by atoms with E-state index in [1.165, 1.54) is 6.92 Å². The first kappa shape index (κ1) is 18.6. The van der Waals surface area contributed by atoms with Crippen molar-refractivity contribution in [1.82, 2.24) is 10.2 Å². The summed E-state index contributed by atoms with van der Waals surface area (Å²) in [5, 5.41) is 3.44. The van der Waals surface area contributed by atoms with E-state index in [0.717, 1.165) is 25.7 Å². The van der Waals surface area contributed by atoms with Gasteiger partial charge in [-0.2, -0.15) is 0 Å². The molecule has 0 saturated heterocycles. The maximum Gasteiger partial charge on any atom is 0.245 e. The van der Waals surface area contributed by atoms with Gasteiger partial charge in [0.2, 0.25) is 11.8 Å². The third-order valence-electron chi connectivity index (χ3n) is 4.36. The maximum absolute atomic E-state index is 12.7. The first-order valence-corrected chi connectivity index (χ1v) is 8.75. The Hall–Kier alpha value is -1.75. The largest absolute Gasteiger partial charge is 0.492 e. The average Bonchev–Trinajstić information content (AvgIpc) is 3.06. The zero-order valence-electron chi connectivity index (χ0n) is 14.3. The molecule has 132 valence electrons. The molecule has 6 heteroatoms. The van der Waals surface area contributed by atoms with Crippen LogP contribution in [0.15, 0.2) is 24.3 Å². The molecule has 0 aliphatic heterocycles. The molecule has 1 atom stereocenters. The van der Waals surface area contributed by atoms with Gasteiger partial charge in [0.25, 0.3) is 0 Å². The molecule has 1 saturated carbocycles. The smallest absolute Gasteiger partial charge is 0.245 e. The summed E-state index contributed by atoms with van der Waals surface area (Å²) < 4.78 is 5.63. The van der Waals surface area contributed by atoms with Gasteiger partial charge in [-0.1, -0.05) is 30.5 Å². The van der Waals surface area contributed by atoms with Crippen LogP contribution in [-0.2, 0) is 9.59 Å². The maximum atomic E-state index is 12.7. The summed E-state index contributed by atoms with van der Waals surface area (Å²) in [4.78, 5) is 25.8. The molecule has 0 spiro atoms. The number of nitrogens with zero attached hydrogens (tertiary/aromatic N) is 1. The Morgan fingerprint density at radius 2 is 2.08 bits per heavy atom. The van der Waals surface area contributed by atoms with Crippen LogP contribution >= 0.6 is 11.6 Å². The van der Waals surface area contributed by atoms with Crippen LogP contribution < -0.4 is 10.1 Å². The predicted octanol–water partition coefficient (Wildman–Crippen LogP) is 2.87. The SMILES string of the molecule is CC(=O)NC(C(=O)N(C)CCOc1cccc(Cl)c1)C1CCCC1. The molecule has 1 fully saturated rings. The summed E-state index contributed by atoms with van der Waals surface area (Å²) in [6, 6.07) is 6.73. The Bertz CT molecular complexity index is 573. The monoisotopic (exact) mass is 352 g/mol. The number of amides is 2. The molecule has 0 aromatic heterocycles. The van der Waals surface area contributed by atoms with Crippen LogP contribution in [0.5, 0.6) is 5.75 Å². The Morgan fingerprint density at radius 1 is 1.38 bits per heavy atom. The first-order chi connectivity index (χ1) is 11.5. The molecule has 1 unspecified atom stereocenters. The van der Waals surface area contributed by atoms with Crippen molar-refractivity contribution < 1.29 is 14.3 Å². The molecule has 1 aromatic rings.